The number of hydrogen-bond donors (Lipinski definition) is 2. The van der Waals surface area contributed by atoms with E-state index in [0.717, 1.165) is 37.9 Å². The summed E-state index contributed by atoms with van der Waals surface area (Å²) in [4.78, 5) is 7.08. The van der Waals surface area contributed by atoms with Gasteiger partial charge in [-0.25, -0.2) is 0 Å². The van der Waals surface area contributed by atoms with Crippen LogP contribution in [-0.4, -0.2) is 49.6 Å². The fraction of sp³-hybridized carbons (Fsp3) is 0.923. The lowest BCUT2D eigenvalue weighted by Crippen LogP contribution is -2.47. The minimum atomic E-state index is 0. The molecule has 0 aromatic heterocycles. The molecule has 0 aromatic carbocycles. The van der Waals surface area contributed by atoms with Crippen LogP contribution >= 0.6 is 24.0 Å². The van der Waals surface area contributed by atoms with E-state index in [1.54, 1.807) is 0 Å². The summed E-state index contributed by atoms with van der Waals surface area (Å²) in [6.07, 6.45) is 3.83. The molecule has 1 atom stereocenters. The van der Waals surface area contributed by atoms with E-state index in [9.17, 15) is 0 Å². The van der Waals surface area contributed by atoms with Gasteiger partial charge in [0.15, 0.2) is 5.96 Å². The summed E-state index contributed by atoms with van der Waals surface area (Å²) < 4.78 is 0. The number of guanidine groups is 1. The highest BCUT2D eigenvalue weighted by Crippen LogP contribution is 2.17. The zero-order valence-electron chi connectivity index (χ0n) is 11.6. The Bertz CT molecular complexity index is 268. The summed E-state index contributed by atoms with van der Waals surface area (Å²) in [5.41, 5.74) is 0. The number of nitrogens with zero attached hydrogens (tertiary/aromatic N) is 2. The van der Waals surface area contributed by atoms with Gasteiger partial charge in [-0.3, -0.25) is 9.89 Å². The van der Waals surface area contributed by atoms with Gasteiger partial charge < -0.3 is 10.6 Å². The van der Waals surface area contributed by atoms with Gasteiger partial charge in [-0.05, 0) is 31.7 Å². The van der Waals surface area contributed by atoms with E-state index in [1.165, 1.54) is 25.9 Å². The average Bonchev–Trinajstić information content (AvgIpc) is 2.74. The Morgan fingerprint density at radius 1 is 1.44 bits per heavy atom. The van der Waals surface area contributed by atoms with Crippen LogP contribution in [0.2, 0.25) is 0 Å². The molecule has 5 heteroatoms. The normalized spacial score (nSPS) is 24.4. The molecule has 0 bridgehead atoms. The fourth-order valence-corrected chi connectivity index (χ4v) is 2.70. The summed E-state index contributed by atoms with van der Waals surface area (Å²) in [6, 6.07) is 0.698. The zero-order chi connectivity index (χ0) is 12.1. The topological polar surface area (TPSA) is 39.7 Å². The SMILES string of the molecule is CC(C)CN1CCC[C@@H]1CNC1=NCCCN1.I. The minimum Gasteiger partial charge on any atom is -0.356 e. The van der Waals surface area contributed by atoms with Crippen LogP contribution in [0.3, 0.4) is 0 Å². The first-order valence-electron chi connectivity index (χ1n) is 7.02. The Labute approximate surface area is 128 Å². The summed E-state index contributed by atoms with van der Waals surface area (Å²) in [5.74, 6) is 1.77. The average molecular weight is 366 g/mol. The number of likely N-dealkylation sites (tertiary alicyclic amines) is 1. The van der Waals surface area contributed by atoms with Crippen molar-refractivity contribution in [2.75, 3.05) is 32.7 Å². The number of halogens is 1. The van der Waals surface area contributed by atoms with E-state index in [-0.39, 0.29) is 24.0 Å². The van der Waals surface area contributed by atoms with E-state index in [1.807, 2.05) is 0 Å². The molecule has 2 aliphatic rings. The highest BCUT2D eigenvalue weighted by Gasteiger charge is 2.24. The molecule has 2 aliphatic heterocycles. The monoisotopic (exact) mass is 366 g/mol. The molecule has 4 nitrogen and oxygen atoms in total. The Hall–Kier alpha value is -0.0400. The van der Waals surface area contributed by atoms with Crippen LogP contribution in [0, 0.1) is 5.92 Å². The Balaban J connectivity index is 0.00000162. The lowest BCUT2D eigenvalue weighted by molar-refractivity contribution is 0.226. The second kappa shape index (κ2) is 8.19. The van der Waals surface area contributed by atoms with Crippen LogP contribution in [0.1, 0.15) is 33.1 Å². The van der Waals surface area contributed by atoms with E-state index in [4.69, 9.17) is 0 Å². The minimum absolute atomic E-state index is 0. The second-order valence-electron chi connectivity index (χ2n) is 5.58. The Kier molecular flexibility index (Phi) is 7.29. The molecule has 0 saturated carbocycles. The van der Waals surface area contributed by atoms with Gasteiger partial charge >= 0.3 is 0 Å². The molecule has 0 spiro atoms. The van der Waals surface area contributed by atoms with E-state index < -0.39 is 0 Å². The Morgan fingerprint density at radius 3 is 2.94 bits per heavy atom. The number of rotatable bonds is 4. The molecule has 18 heavy (non-hydrogen) atoms. The van der Waals surface area contributed by atoms with E-state index >= 15 is 0 Å². The Morgan fingerprint density at radius 2 is 2.28 bits per heavy atom. The molecule has 0 radical (unpaired) electrons. The molecule has 0 aromatic rings. The quantitative estimate of drug-likeness (QED) is 0.744. The van der Waals surface area contributed by atoms with Crippen molar-refractivity contribution in [3.05, 3.63) is 0 Å². The van der Waals surface area contributed by atoms with Crippen LogP contribution in [-0.2, 0) is 0 Å². The van der Waals surface area contributed by atoms with Crippen LogP contribution < -0.4 is 10.6 Å². The van der Waals surface area contributed by atoms with Gasteiger partial charge in [0, 0.05) is 32.2 Å². The van der Waals surface area contributed by atoms with Gasteiger partial charge in [0.25, 0.3) is 0 Å². The molecular formula is C13H27IN4. The summed E-state index contributed by atoms with van der Waals surface area (Å²) in [7, 11) is 0. The van der Waals surface area contributed by atoms with Crippen molar-refractivity contribution in [1.29, 1.82) is 0 Å². The first-order valence-corrected chi connectivity index (χ1v) is 7.02. The number of aliphatic imine (C=N–C) groups is 1. The predicted octanol–water partition coefficient (Wildman–Crippen LogP) is 1.66. The lowest BCUT2D eigenvalue weighted by Gasteiger charge is -2.27. The van der Waals surface area contributed by atoms with Gasteiger partial charge in [-0.15, -0.1) is 24.0 Å². The molecule has 2 N–H and O–H groups in total. The van der Waals surface area contributed by atoms with E-state index in [0.29, 0.717) is 6.04 Å². The molecule has 2 rings (SSSR count). The second-order valence-corrected chi connectivity index (χ2v) is 5.58. The summed E-state index contributed by atoms with van der Waals surface area (Å²) in [5, 5.41) is 6.78. The summed E-state index contributed by atoms with van der Waals surface area (Å²) in [6.45, 7) is 10.2. The highest BCUT2D eigenvalue weighted by atomic mass is 127. The molecule has 1 saturated heterocycles. The molecule has 0 unspecified atom stereocenters. The molecule has 0 aliphatic carbocycles. The van der Waals surface area contributed by atoms with Crippen LogP contribution in [0.4, 0.5) is 0 Å². The van der Waals surface area contributed by atoms with Crippen molar-refractivity contribution in [2.24, 2.45) is 10.9 Å². The van der Waals surface area contributed by atoms with Gasteiger partial charge in [-0.1, -0.05) is 13.8 Å². The third kappa shape index (κ3) is 4.91. The smallest absolute Gasteiger partial charge is 0.191 e. The maximum Gasteiger partial charge on any atom is 0.191 e. The molecule has 0 amide bonds. The van der Waals surface area contributed by atoms with Gasteiger partial charge in [0.05, 0.1) is 0 Å². The van der Waals surface area contributed by atoms with Crippen LogP contribution in [0.25, 0.3) is 0 Å². The van der Waals surface area contributed by atoms with Crippen molar-refractivity contribution in [3.63, 3.8) is 0 Å². The molecule has 2 heterocycles. The molecule has 1 fully saturated rings. The molecule has 106 valence electrons. The van der Waals surface area contributed by atoms with Crippen molar-refractivity contribution in [3.8, 4) is 0 Å². The van der Waals surface area contributed by atoms with Crippen molar-refractivity contribution in [1.82, 2.24) is 15.5 Å². The fourth-order valence-electron chi connectivity index (χ4n) is 2.70. The number of nitrogens with one attached hydrogen (secondary N) is 2. The van der Waals surface area contributed by atoms with Crippen LogP contribution in [0.15, 0.2) is 4.99 Å². The lowest BCUT2D eigenvalue weighted by atomic mass is 10.1. The maximum atomic E-state index is 4.45. The first-order chi connectivity index (χ1) is 8.25. The van der Waals surface area contributed by atoms with Gasteiger partial charge in [-0.2, -0.15) is 0 Å². The maximum absolute atomic E-state index is 4.45. The van der Waals surface area contributed by atoms with E-state index in [2.05, 4.69) is 34.4 Å². The number of hydrogen-bond acceptors (Lipinski definition) is 4. The van der Waals surface area contributed by atoms with Gasteiger partial charge in [0.1, 0.15) is 0 Å². The third-order valence-corrected chi connectivity index (χ3v) is 3.50. The largest absolute Gasteiger partial charge is 0.356 e. The third-order valence-electron chi connectivity index (χ3n) is 3.50. The van der Waals surface area contributed by atoms with Crippen molar-refractivity contribution >= 4 is 29.9 Å². The van der Waals surface area contributed by atoms with Crippen LogP contribution in [0.5, 0.6) is 0 Å². The van der Waals surface area contributed by atoms with Crippen molar-refractivity contribution < 1.29 is 0 Å². The summed E-state index contributed by atoms with van der Waals surface area (Å²) >= 11 is 0. The standard InChI is InChI=1S/C13H26N4.HI/c1-11(2)10-17-8-3-5-12(17)9-16-13-14-6-4-7-15-13;/h11-12H,3-10H2,1-2H3,(H2,14,15,16);1H/t12-;/m1./s1. The first kappa shape index (κ1) is 16.0. The predicted molar refractivity (Wildman–Crippen MR) is 87.8 cm³/mol. The molecular weight excluding hydrogens is 339 g/mol. The highest BCUT2D eigenvalue weighted by molar-refractivity contribution is 14.0. The zero-order valence-corrected chi connectivity index (χ0v) is 13.9. The van der Waals surface area contributed by atoms with Crippen molar-refractivity contribution in [2.45, 2.75) is 39.2 Å². The van der Waals surface area contributed by atoms with Gasteiger partial charge in [0.2, 0.25) is 0 Å².